The molecule has 70 valence electrons. The Morgan fingerprint density at radius 3 is 2.83 bits per heavy atom. The highest BCUT2D eigenvalue weighted by Crippen LogP contribution is 2.37. The molecule has 0 radical (unpaired) electrons. The lowest BCUT2D eigenvalue weighted by molar-refractivity contribution is 0.236. The molecular formula is C11H21N. The quantitative estimate of drug-likeness (QED) is 0.611. The molecule has 1 aliphatic rings. The first-order valence-electron chi connectivity index (χ1n) is 5.24. The van der Waals surface area contributed by atoms with Crippen LogP contribution in [-0.2, 0) is 0 Å². The number of nitrogens with zero attached hydrogens (tertiary/aromatic N) is 1. The molecule has 0 saturated heterocycles. The minimum atomic E-state index is 0.397. The van der Waals surface area contributed by atoms with Crippen LogP contribution in [0.5, 0.6) is 0 Å². The summed E-state index contributed by atoms with van der Waals surface area (Å²) < 4.78 is 0. The Hall–Kier alpha value is -0.330. The van der Waals surface area contributed by atoms with Crippen molar-refractivity contribution in [3.8, 4) is 0 Å². The summed E-state index contributed by atoms with van der Waals surface area (Å²) in [4.78, 5) is 4.41. The van der Waals surface area contributed by atoms with Crippen LogP contribution < -0.4 is 0 Å². The topological polar surface area (TPSA) is 12.4 Å². The lowest BCUT2D eigenvalue weighted by atomic mass is 9.71. The molecule has 0 N–H and O–H groups in total. The second-order valence-electron chi connectivity index (χ2n) is 4.17. The van der Waals surface area contributed by atoms with Crippen LogP contribution in [0.25, 0.3) is 0 Å². The molecule has 0 bridgehead atoms. The minimum Gasteiger partial charge on any atom is -0.297 e. The molecule has 0 saturated carbocycles. The lowest BCUT2D eigenvalue weighted by Gasteiger charge is -2.36. The van der Waals surface area contributed by atoms with Crippen LogP contribution in [0.3, 0.4) is 0 Å². The van der Waals surface area contributed by atoms with Gasteiger partial charge in [0.05, 0.1) is 0 Å². The second kappa shape index (κ2) is 4.06. The Bertz CT molecular complexity index is 162. The van der Waals surface area contributed by atoms with Crippen molar-refractivity contribution in [2.24, 2.45) is 16.3 Å². The van der Waals surface area contributed by atoms with E-state index in [2.05, 4.69) is 32.0 Å². The van der Waals surface area contributed by atoms with E-state index >= 15 is 0 Å². The van der Waals surface area contributed by atoms with E-state index in [0.29, 0.717) is 5.41 Å². The standard InChI is InChI=1S/C11H21N/c1-4-6-10-7-8-12-9-11(10,3)5-2/h9-10H,4-8H2,1-3H3/t10?,11-/m0/s1. The smallest absolute Gasteiger partial charge is 0.0388 e. The summed E-state index contributed by atoms with van der Waals surface area (Å²) in [5, 5.41) is 0. The number of hydrogen-bond acceptors (Lipinski definition) is 1. The average molecular weight is 167 g/mol. The molecule has 1 unspecified atom stereocenters. The predicted molar refractivity (Wildman–Crippen MR) is 54.8 cm³/mol. The second-order valence-corrected chi connectivity index (χ2v) is 4.17. The van der Waals surface area contributed by atoms with Gasteiger partial charge in [0.15, 0.2) is 0 Å². The van der Waals surface area contributed by atoms with Gasteiger partial charge >= 0.3 is 0 Å². The molecule has 12 heavy (non-hydrogen) atoms. The van der Waals surface area contributed by atoms with Crippen LogP contribution in [0.2, 0.25) is 0 Å². The van der Waals surface area contributed by atoms with Gasteiger partial charge < -0.3 is 0 Å². The van der Waals surface area contributed by atoms with Crippen molar-refractivity contribution in [2.45, 2.75) is 46.5 Å². The Kier molecular flexibility index (Phi) is 3.30. The normalized spacial score (nSPS) is 35.4. The van der Waals surface area contributed by atoms with Gasteiger partial charge in [-0.15, -0.1) is 0 Å². The maximum atomic E-state index is 4.41. The van der Waals surface area contributed by atoms with Crippen molar-refractivity contribution in [3.05, 3.63) is 0 Å². The van der Waals surface area contributed by atoms with Gasteiger partial charge in [0.1, 0.15) is 0 Å². The average Bonchev–Trinajstić information content (AvgIpc) is 2.10. The minimum absolute atomic E-state index is 0.397. The summed E-state index contributed by atoms with van der Waals surface area (Å²) in [6.45, 7) is 7.97. The van der Waals surface area contributed by atoms with Gasteiger partial charge in [0.2, 0.25) is 0 Å². The summed E-state index contributed by atoms with van der Waals surface area (Å²) >= 11 is 0. The van der Waals surface area contributed by atoms with E-state index in [0.717, 1.165) is 12.5 Å². The highest BCUT2D eigenvalue weighted by molar-refractivity contribution is 5.66. The summed E-state index contributed by atoms with van der Waals surface area (Å²) in [7, 11) is 0. The Morgan fingerprint density at radius 2 is 2.25 bits per heavy atom. The highest BCUT2D eigenvalue weighted by Gasteiger charge is 2.31. The molecule has 1 heteroatoms. The van der Waals surface area contributed by atoms with Crippen LogP contribution >= 0.6 is 0 Å². The Balaban J connectivity index is 2.64. The maximum Gasteiger partial charge on any atom is 0.0388 e. The predicted octanol–water partition coefficient (Wildman–Crippen LogP) is 3.29. The summed E-state index contributed by atoms with van der Waals surface area (Å²) in [5.41, 5.74) is 0.397. The molecule has 1 nitrogen and oxygen atoms in total. The van der Waals surface area contributed by atoms with Crippen LogP contribution in [-0.4, -0.2) is 12.8 Å². The number of hydrogen-bond donors (Lipinski definition) is 0. The lowest BCUT2D eigenvalue weighted by Crippen LogP contribution is -2.32. The molecule has 0 amide bonds. The molecule has 0 fully saturated rings. The monoisotopic (exact) mass is 167 g/mol. The van der Waals surface area contributed by atoms with Crippen molar-refractivity contribution in [1.29, 1.82) is 0 Å². The van der Waals surface area contributed by atoms with Crippen molar-refractivity contribution in [3.63, 3.8) is 0 Å². The van der Waals surface area contributed by atoms with Crippen LogP contribution in [0.15, 0.2) is 4.99 Å². The van der Waals surface area contributed by atoms with Gasteiger partial charge in [-0.1, -0.05) is 27.2 Å². The Labute approximate surface area is 76.3 Å². The van der Waals surface area contributed by atoms with Gasteiger partial charge in [-0.2, -0.15) is 0 Å². The third-order valence-corrected chi connectivity index (χ3v) is 3.32. The third-order valence-electron chi connectivity index (χ3n) is 3.32. The van der Waals surface area contributed by atoms with Crippen molar-refractivity contribution >= 4 is 6.21 Å². The maximum absolute atomic E-state index is 4.41. The molecule has 1 aliphatic heterocycles. The van der Waals surface area contributed by atoms with Crippen molar-refractivity contribution < 1.29 is 0 Å². The zero-order valence-corrected chi connectivity index (χ0v) is 8.64. The SMILES string of the molecule is CCCC1CCN=C[C@]1(C)CC. The zero-order valence-electron chi connectivity index (χ0n) is 8.64. The first-order chi connectivity index (χ1) is 5.73. The molecule has 0 aromatic heterocycles. The van der Waals surface area contributed by atoms with Crippen molar-refractivity contribution in [1.82, 2.24) is 0 Å². The van der Waals surface area contributed by atoms with Crippen LogP contribution in [0.4, 0.5) is 0 Å². The fraction of sp³-hybridized carbons (Fsp3) is 0.909. The largest absolute Gasteiger partial charge is 0.297 e. The van der Waals surface area contributed by atoms with E-state index in [1.807, 2.05) is 0 Å². The molecule has 1 rings (SSSR count). The van der Waals surface area contributed by atoms with Gasteiger partial charge in [-0.25, -0.2) is 0 Å². The molecule has 0 aromatic rings. The summed E-state index contributed by atoms with van der Waals surface area (Å²) in [6.07, 6.45) is 7.43. The zero-order chi connectivity index (χ0) is 9.03. The highest BCUT2D eigenvalue weighted by atomic mass is 14.7. The fourth-order valence-corrected chi connectivity index (χ4v) is 2.14. The van der Waals surface area contributed by atoms with Crippen molar-refractivity contribution in [2.75, 3.05) is 6.54 Å². The first-order valence-corrected chi connectivity index (χ1v) is 5.24. The van der Waals surface area contributed by atoms with E-state index in [4.69, 9.17) is 0 Å². The third kappa shape index (κ3) is 1.88. The van der Waals surface area contributed by atoms with E-state index in [9.17, 15) is 0 Å². The first kappa shape index (κ1) is 9.76. The summed E-state index contributed by atoms with van der Waals surface area (Å²) in [5.74, 6) is 0.880. The molecule has 1 heterocycles. The van der Waals surface area contributed by atoms with Crippen LogP contribution in [0.1, 0.15) is 46.5 Å². The van der Waals surface area contributed by atoms with Gasteiger partial charge in [0, 0.05) is 18.2 Å². The molecule has 2 atom stereocenters. The van der Waals surface area contributed by atoms with E-state index in [-0.39, 0.29) is 0 Å². The van der Waals surface area contributed by atoms with Crippen LogP contribution in [0, 0.1) is 11.3 Å². The van der Waals surface area contributed by atoms with Gasteiger partial charge in [-0.3, -0.25) is 4.99 Å². The van der Waals surface area contributed by atoms with E-state index in [1.54, 1.807) is 0 Å². The molecule has 0 aromatic carbocycles. The van der Waals surface area contributed by atoms with E-state index < -0.39 is 0 Å². The van der Waals surface area contributed by atoms with Gasteiger partial charge in [0.25, 0.3) is 0 Å². The molecule has 0 aliphatic carbocycles. The number of rotatable bonds is 3. The molecule has 0 spiro atoms. The Morgan fingerprint density at radius 1 is 1.50 bits per heavy atom. The van der Waals surface area contributed by atoms with Gasteiger partial charge in [-0.05, 0) is 25.2 Å². The molecular weight excluding hydrogens is 146 g/mol. The van der Waals surface area contributed by atoms with E-state index in [1.165, 1.54) is 25.7 Å². The fourth-order valence-electron chi connectivity index (χ4n) is 2.14. The number of aliphatic imine (C=N–C) groups is 1. The summed E-state index contributed by atoms with van der Waals surface area (Å²) in [6, 6.07) is 0.